The number of carbonyl (C=O) groups excluding carboxylic acids is 1. The first kappa shape index (κ1) is 23.4. The minimum atomic E-state index is -3.91. The van der Waals surface area contributed by atoms with E-state index in [0.717, 1.165) is 17.0 Å². The van der Waals surface area contributed by atoms with Crippen molar-refractivity contribution in [1.82, 2.24) is 34.6 Å². The largest absolute Gasteiger partial charge is 0.321 e. The molecule has 0 aliphatic rings. The van der Waals surface area contributed by atoms with Crippen LogP contribution in [0.3, 0.4) is 0 Å². The molecule has 1 aromatic carbocycles. The highest BCUT2D eigenvalue weighted by Crippen LogP contribution is 2.23. The molecule has 0 spiro atoms. The van der Waals surface area contributed by atoms with Crippen molar-refractivity contribution in [3.8, 4) is 11.3 Å². The Morgan fingerprint density at radius 1 is 1.06 bits per heavy atom. The Bertz CT molecular complexity index is 1700. The molecule has 4 aromatic heterocycles. The van der Waals surface area contributed by atoms with E-state index < -0.39 is 15.9 Å². The molecule has 0 atom stereocenters. The Balaban J connectivity index is 1.35. The zero-order chi connectivity index (χ0) is 25.4. The molecule has 0 saturated carbocycles. The average Bonchev–Trinajstić information content (AvgIpc) is 3.44. The lowest BCUT2D eigenvalue weighted by atomic mass is 10.2. The predicted octanol–water partition coefficient (Wildman–Crippen LogP) is 2.93. The molecule has 4 heterocycles. The Hall–Kier alpha value is -4.36. The molecule has 0 radical (unpaired) electrons. The molecule has 0 fully saturated rings. The second-order valence-corrected chi connectivity index (χ2v) is 9.79. The van der Waals surface area contributed by atoms with E-state index in [2.05, 4.69) is 35.4 Å². The Kier molecular flexibility index (Phi) is 5.86. The predicted molar refractivity (Wildman–Crippen MR) is 132 cm³/mol. The molecule has 182 valence electrons. The first-order chi connectivity index (χ1) is 17.2. The lowest BCUT2D eigenvalue weighted by Crippen LogP contribution is -2.15. The number of aryl methyl sites for hydroxylation is 1. The first-order valence-corrected chi connectivity index (χ1v) is 12.3. The standard InChI is InChI=1S/C22H18ClN9O3S/c1-13-16(12-25-31(13)2)18-9-10-24-21-11-17(29-32(18)21)22(33)26-14-3-5-15(6-4-14)36(34,35)30-20-8-7-19(23)27-28-20/h3-12H,1-2H3,(H,26,33)(H,28,30). The lowest BCUT2D eigenvalue weighted by molar-refractivity contribution is 0.102. The van der Waals surface area contributed by atoms with Gasteiger partial charge in [0.15, 0.2) is 22.3 Å². The molecule has 0 bridgehead atoms. The molecule has 0 unspecified atom stereocenters. The summed E-state index contributed by atoms with van der Waals surface area (Å²) in [6.07, 6.45) is 3.37. The van der Waals surface area contributed by atoms with Crippen LogP contribution in [-0.2, 0) is 17.1 Å². The van der Waals surface area contributed by atoms with Crippen LogP contribution in [0.2, 0.25) is 5.15 Å². The molecular formula is C22H18ClN9O3S. The fourth-order valence-electron chi connectivity index (χ4n) is 3.44. The third kappa shape index (κ3) is 4.48. The molecule has 0 aliphatic carbocycles. The SMILES string of the molecule is Cc1c(-c2ccnc3cc(C(=O)Nc4ccc(S(=O)(=O)Nc5ccc(Cl)nn5)cc4)nn23)cnn1C. The van der Waals surface area contributed by atoms with Crippen LogP contribution in [0.1, 0.15) is 16.2 Å². The number of carbonyl (C=O) groups is 1. The van der Waals surface area contributed by atoms with E-state index in [1.54, 1.807) is 33.7 Å². The van der Waals surface area contributed by atoms with Gasteiger partial charge in [0.25, 0.3) is 15.9 Å². The van der Waals surface area contributed by atoms with Crippen molar-refractivity contribution >= 4 is 44.7 Å². The molecular weight excluding hydrogens is 506 g/mol. The van der Waals surface area contributed by atoms with E-state index in [1.165, 1.54) is 36.4 Å². The number of nitrogens with zero attached hydrogens (tertiary/aromatic N) is 7. The first-order valence-electron chi connectivity index (χ1n) is 10.5. The van der Waals surface area contributed by atoms with Crippen LogP contribution in [0, 0.1) is 6.92 Å². The minimum Gasteiger partial charge on any atom is -0.321 e. The monoisotopic (exact) mass is 523 g/mol. The smallest absolute Gasteiger partial charge is 0.276 e. The number of halogens is 1. The zero-order valence-electron chi connectivity index (χ0n) is 18.9. The van der Waals surface area contributed by atoms with E-state index in [9.17, 15) is 13.2 Å². The van der Waals surface area contributed by atoms with Gasteiger partial charge in [-0.2, -0.15) is 10.2 Å². The number of hydrogen-bond acceptors (Lipinski definition) is 8. The summed E-state index contributed by atoms with van der Waals surface area (Å²) in [6.45, 7) is 1.94. The number of hydrogen-bond donors (Lipinski definition) is 2. The molecule has 5 aromatic rings. The summed E-state index contributed by atoms with van der Waals surface area (Å²) in [7, 11) is -2.07. The third-order valence-corrected chi connectivity index (χ3v) is 6.97. The summed E-state index contributed by atoms with van der Waals surface area (Å²) in [4.78, 5) is 17.1. The van der Waals surface area contributed by atoms with Crippen molar-refractivity contribution in [2.24, 2.45) is 7.05 Å². The molecule has 0 aliphatic heterocycles. The van der Waals surface area contributed by atoms with Gasteiger partial charge in [0, 0.05) is 36.3 Å². The van der Waals surface area contributed by atoms with Crippen LogP contribution in [-0.4, -0.2) is 48.9 Å². The Morgan fingerprint density at radius 3 is 2.50 bits per heavy atom. The molecule has 14 heteroatoms. The van der Waals surface area contributed by atoms with Gasteiger partial charge in [-0.3, -0.25) is 14.2 Å². The van der Waals surface area contributed by atoms with E-state index in [0.29, 0.717) is 11.3 Å². The van der Waals surface area contributed by atoms with E-state index >= 15 is 0 Å². The molecule has 2 N–H and O–H groups in total. The summed E-state index contributed by atoms with van der Waals surface area (Å²) in [5.74, 6) is -0.447. The second kappa shape index (κ2) is 9.02. The number of benzene rings is 1. The number of rotatable bonds is 6. The highest BCUT2D eigenvalue weighted by Gasteiger charge is 2.18. The maximum Gasteiger partial charge on any atom is 0.276 e. The van der Waals surface area contributed by atoms with Crippen molar-refractivity contribution in [3.63, 3.8) is 0 Å². The highest BCUT2D eigenvalue weighted by atomic mass is 35.5. The minimum absolute atomic E-state index is 0.0225. The fourth-order valence-corrected chi connectivity index (χ4v) is 4.54. The lowest BCUT2D eigenvalue weighted by Gasteiger charge is -2.08. The van der Waals surface area contributed by atoms with E-state index in [-0.39, 0.29) is 21.6 Å². The van der Waals surface area contributed by atoms with Gasteiger partial charge in [-0.05, 0) is 49.4 Å². The summed E-state index contributed by atoms with van der Waals surface area (Å²) in [5.41, 5.74) is 3.59. The van der Waals surface area contributed by atoms with Crippen LogP contribution in [0.5, 0.6) is 0 Å². The number of aromatic nitrogens is 7. The number of sulfonamides is 1. The average molecular weight is 524 g/mol. The molecule has 0 saturated heterocycles. The van der Waals surface area contributed by atoms with Gasteiger partial charge in [0.05, 0.1) is 16.8 Å². The summed E-state index contributed by atoms with van der Waals surface area (Å²) >= 11 is 5.67. The number of amides is 1. The van der Waals surface area contributed by atoms with Gasteiger partial charge in [0.2, 0.25) is 0 Å². The van der Waals surface area contributed by atoms with Crippen LogP contribution in [0.25, 0.3) is 16.9 Å². The van der Waals surface area contributed by atoms with Gasteiger partial charge < -0.3 is 5.32 Å². The number of fused-ring (bicyclic) bond motifs is 1. The van der Waals surface area contributed by atoms with Crippen molar-refractivity contribution in [1.29, 1.82) is 0 Å². The summed E-state index contributed by atoms with van der Waals surface area (Å²) in [5, 5.41) is 18.8. The van der Waals surface area contributed by atoms with Crippen LogP contribution in [0.15, 0.2) is 65.8 Å². The number of anilines is 2. The quantitative estimate of drug-likeness (QED) is 0.345. The van der Waals surface area contributed by atoms with Gasteiger partial charge in [-0.25, -0.2) is 17.9 Å². The molecule has 1 amide bonds. The Labute approximate surface area is 210 Å². The van der Waals surface area contributed by atoms with Crippen molar-refractivity contribution < 1.29 is 13.2 Å². The third-order valence-electron chi connectivity index (χ3n) is 5.40. The molecule has 36 heavy (non-hydrogen) atoms. The van der Waals surface area contributed by atoms with E-state index in [4.69, 9.17) is 11.6 Å². The maximum atomic E-state index is 12.9. The van der Waals surface area contributed by atoms with E-state index in [1.807, 2.05) is 14.0 Å². The van der Waals surface area contributed by atoms with Gasteiger partial charge in [-0.15, -0.1) is 10.2 Å². The number of nitrogens with one attached hydrogen (secondary N) is 2. The fraction of sp³-hybridized carbons (Fsp3) is 0.0909. The van der Waals surface area contributed by atoms with Crippen LogP contribution < -0.4 is 10.0 Å². The Morgan fingerprint density at radius 2 is 1.83 bits per heavy atom. The van der Waals surface area contributed by atoms with Crippen molar-refractivity contribution in [3.05, 3.63) is 77.5 Å². The van der Waals surface area contributed by atoms with Gasteiger partial charge in [-0.1, -0.05) is 11.6 Å². The van der Waals surface area contributed by atoms with Gasteiger partial charge in [0.1, 0.15) is 0 Å². The topological polar surface area (TPSA) is 149 Å². The van der Waals surface area contributed by atoms with Crippen molar-refractivity contribution in [2.45, 2.75) is 11.8 Å². The summed E-state index contributed by atoms with van der Waals surface area (Å²) in [6, 6.07) is 11.8. The van der Waals surface area contributed by atoms with Gasteiger partial charge >= 0.3 is 0 Å². The molecule has 12 nitrogen and oxygen atoms in total. The van der Waals surface area contributed by atoms with Crippen LogP contribution >= 0.6 is 11.6 Å². The zero-order valence-corrected chi connectivity index (χ0v) is 20.5. The summed E-state index contributed by atoms with van der Waals surface area (Å²) < 4.78 is 30.8. The second-order valence-electron chi connectivity index (χ2n) is 7.72. The maximum absolute atomic E-state index is 12.9. The van der Waals surface area contributed by atoms with Crippen LogP contribution in [0.4, 0.5) is 11.5 Å². The highest BCUT2D eigenvalue weighted by molar-refractivity contribution is 7.92. The normalized spacial score (nSPS) is 11.5. The van der Waals surface area contributed by atoms with Crippen molar-refractivity contribution in [2.75, 3.05) is 10.0 Å². The molecule has 5 rings (SSSR count).